The lowest BCUT2D eigenvalue weighted by molar-refractivity contribution is -0.121. The van der Waals surface area contributed by atoms with E-state index in [4.69, 9.17) is 21.3 Å². The summed E-state index contributed by atoms with van der Waals surface area (Å²) >= 11 is 6.59. The molecule has 0 spiro atoms. The molecule has 0 aliphatic carbocycles. The summed E-state index contributed by atoms with van der Waals surface area (Å²) < 4.78 is 5.66. The number of ether oxygens (including phenoxy) is 1. The first-order valence-corrected chi connectivity index (χ1v) is 11.5. The van der Waals surface area contributed by atoms with Crippen LogP contribution in [-0.2, 0) is 14.9 Å². The van der Waals surface area contributed by atoms with Crippen LogP contribution < -0.4 is 10.6 Å². The molecule has 1 amide bonds. The summed E-state index contributed by atoms with van der Waals surface area (Å²) in [5.41, 5.74) is 1.09. The van der Waals surface area contributed by atoms with E-state index in [1.54, 1.807) is 7.05 Å². The van der Waals surface area contributed by atoms with Crippen molar-refractivity contribution in [3.8, 4) is 0 Å². The lowest BCUT2D eigenvalue weighted by Gasteiger charge is -2.38. The van der Waals surface area contributed by atoms with Gasteiger partial charge in [0.15, 0.2) is 5.96 Å². The van der Waals surface area contributed by atoms with Gasteiger partial charge in [0, 0.05) is 56.8 Å². The van der Waals surface area contributed by atoms with Crippen molar-refractivity contribution in [3.63, 3.8) is 0 Å². The highest BCUT2D eigenvalue weighted by Gasteiger charge is 2.36. The average Bonchev–Trinajstić information content (AvgIpc) is 2.78. The maximum absolute atomic E-state index is 11.7. The van der Waals surface area contributed by atoms with Gasteiger partial charge >= 0.3 is 0 Å². The minimum absolute atomic E-state index is 0.0885. The molecule has 0 bridgehead atoms. The second kappa shape index (κ2) is 11.0. The van der Waals surface area contributed by atoms with Crippen LogP contribution in [0.15, 0.2) is 29.3 Å². The molecule has 2 saturated heterocycles. The number of guanidine groups is 1. The van der Waals surface area contributed by atoms with Gasteiger partial charge in [-0.15, -0.1) is 0 Å². The Morgan fingerprint density at radius 3 is 2.60 bits per heavy atom. The fourth-order valence-corrected chi connectivity index (χ4v) is 4.87. The summed E-state index contributed by atoms with van der Waals surface area (Å²) in [7, 11) is 1.71. The molecule has 0 atom stereocenters. The Morgan fingerprint density at radius 2 is 1.97 bits per heavy atom. The van der Waals surface area contributed by atoms with E-state index in [2.05, 4.69) is 34.6 Å². The molecule has 0 aromatic heterocycles. The normalized spacial score (nSPS) is 20.1. The number of benzene rings is 1. The monoisotopic (exact) mass is 434 g/mol. The van der Waals surface area contributed by atoms with Crippen LogP contribution in [0.4, 0.5) is 0 Å². The minimum Gasteiger partial charge on any atom is -0.381 e. The summed E-state index contributed by atoms with van der Waals surface area (Å²) in [5, 5.41) is 7.03. The standard InChI is InChI=1S/C23H35ClN4O2/c1-3-26-22(28-12-8-18(9-13-28)16-21(29)25-2)27-17-23(10-14-30-15-11-23)19-6-4-5-7-20(19)24/h4-7,18H,3,8-17H2,1-2H3,(H,25,29)(H,26,27). The number of hydrogen-bond donors (Lipinski definition) is 2. The van der Waals surface area contributed by atoms with Crippen LogP contribution in [0.1, 0.15) is 44.6 Å². The lowest BCUT2D eigenvalue weighted by atomic mass is 9.74. The molecule has 30 heavy (non-hydrogen) atoms. The Morgan fingerprint density at radius 1 is 1.27 bits per heavy atom. The smallest absolute Gasteiger partial charge is 0.220 e. The van der Waals surface area contributed by atoms with Crippen molar-refractivity contribution in [1.29, 1.82) is 0 Å². The van der Waals surface area contributed by atoms with E-state index in [0.29, 0.717) is 18.9 Å². The van der Waals surface area contributed by atoms with Crippen molar-refractivity contribution in [1.82, 2.24) is 15.5 Å². The van der Waals surface area contributed by atoms with Crippen molar-refractivity contribution >= 4 is 23.5 Å². The molecule has 166 valence electrons. The molecule has 2 N–H and O–H groups in total. The number of carbonyl (C=O) groups is 1. The number of likely N-dealkylation sites (tertiary alicyclic amines) is 1. The van der Waals surface area contributed by atoms with Gasteiger partial charge in [-0.2, -0.15) is 0 Å². The summed E-state index contributed by atoms with van der Waals surface area (Å²) in [6, 6.07) is 8.15. The fraction of sp³-hybridized carbons (Fsp3) is 0.652. The van der Waals surface area contributed by atoms with E-state index in [-0.39, 0.29) is 11.3 Å². The molecule has 6 nitrogen and oxygen atoms in total. The third kappa shape index (κ3) is 5.67. The molecule has 2 heterocycles. The minimum atomic E-state index is -0.0885. The van der Waals surface area contributed by atoms with Crippen molar-refractivity contribution in [2.45, 2.75) is 44.4 Å². The van der Waals surface area contributed by atoms with Crippen LogP contribution in [0.2, 0.25) is 5.02 Å². The Labute approximate surface area is 185 Å². The third-order valence-corrected chi connectivity index (χ3v) is 6.76. The number of halogens is 1. The largest absolute Gasteiger partial charge is 0.381 e. The van der Waals surface area contributed by atoms with Crippen LogP contribution in [0.5, 0.6) is 0 Å². The predicted octanol–water partition coefficient (Wildman–Crippen LogP) is 3.20. The molecule has 0 unspecified atom stereocenters. The summed E-state index contributed by atoms with van der Waals surface area (Å²) in [5.74, 6) is 1.55. The maximum Gasteiger partial charge on any atom is 0.220 e. The summed E-state index contributed by atoms with van der Waals surface area (Å²) in [4.78, 5) is 19.1. The molecular formula is C23H35ClN4O2. The highest BCUT2D eigenvalue weighted by Crippen LogP contribution is 2.39. The topological polar surface area (TPSA) is 66.0 Å². The van der Waals surface area contributed by atoms with Crippen molar-refractivity contribution < 1.29 is 9.53 Å². The highest BCUT2D eigenvalue weighted by molar-refractivity contribution is 6.31. The number of nitrogens with one attached hydrogen (secondary N) is 2. The molecule has 0 saturated carbocycles. The van der Waals surface area contributed by atoms with Gasteiger partial charge in [-0.05, 0) is 50.2 Å². The third-order valence-electron chi connectivity index (χ3n) is 6.43. The first kappa shape index (κ1) is 22.9. The molecule has 3 rings (SSSR count). The molecule has 1 aromatic rings. The van der Waals surface area contributed by atoms with Gasteiger partial charge < -0.3 is 20.3 Å². The van der Waals surface area contributed by atoms with Crippen molar-refractivity contribution in [2.24, 2.45) is 10.9 Å². The first-order chi connectivity index (χ1) is 14.6. The maximum atomic E-state index is 11.7. The number of carbonyl (C=O) groups excluding carboxylic acids is 1. The molecule has 1 aromatic carbocycles. The Bertz CT molecular complexity index is 726. The molecule has 0 radical (unpaired) electrons. The molecule has 2 aliphatic heterocycles. The second-order valence-electron chi connectivity index (χ2n) is 8.35. The van der Waals surface area contributed by atoms with Crippen LogP contribution in [0.25, 0.3) is 0 Å². The molecule has 7 heteroatoms. The summed E-state index contributed by atoms with van der Waals surface area (Å²) in [6.07, 6.45) is 4.50. The lowest BCUT2D eigenvalue weighted by Crippen LogP contribution is -2.47. The van der Waals surface area contributed by atoms with E-state index in [0.717, 1.165) is 69.5 Å². The van der Waals surface area contributed by atoms with E-state index < -0.39 is 0 Å². The van der Waals surface area contributed by atoms with Gasteiger partial charge in [0.2, 0.25) is 5.91 Å². The van der Waals surface area contributed by atoms with E-state index in [1.165, 1.54) is 5.56 Å². The van der Waals surface area contributed by atoms with Crippen molar-refractivity contribution in [2.75, 3.05) is 46.4 Å². The number of rotatable bonds is 6. The SMILES string of the molecule is CCNC(=NCC1(c2ccccc2Cl)CCOCC1)N1CCC(CC(=O)NC)CC1. The number of nitrogens with zero attached hydrogens (tertiary/aromatic N) is 2. The second-order valence-corrected chi connectivity index (χ2v) is 8.76. The Balaban J connectivity index is 1.73. The predicted molar refractivity (Wildman–Crippen MR) is 122 cm³/mol. The highest BCUT2D eigenvalue weighted by atomic mass is 35.5. The van der Waals surface area contributed by atoms with Gasteiger partial charge in [-0.1, -0.05) is 29.8 Å². The van der Waals surface area contributed by atoms with Gasteiger partial charge in [-0.3, -0.25) is 9.79 Å². The van der Waals surface area contributed by atoms with Gasteiger partial charge in [0.25, 0.3) is 0 Å². The molecule has 2 aliphatic rings. The Hall–Kier alpha value is -1.79. The molecule has 2 fully saturated rings. The quantitative estimate of drug-likeness (QED) is 0.533. The first-order valence-electron chi connectivity index (χ1n) is 11.1. The zero-order valence-corrected chi connectivity index (χ0v) is 19.0. The van der Waals surface area contributed by atoms with Crippen LogP contribution >= 0.6 is 11.6 Å². The van der Waals surface area contributed by atoms with Crippen molar-refractivity contribution in [3.05, 3.63) is 34.9 Å². The van der Waals surface area contributed by atoms with Crippen LogP contribution in [-0.4, -0.2) is 63.2 Å². The number of piperidine rings is 1. The van der Waals surface area contributed by atoms with E-state index in [9.17, 15) is 4.79 Å². The number of amides is 1. The zero-order chi connectivity index (χ0) is 21.4. The van der Waals surface area contributed by atoms with Gasteiger partial charge in [0.1, 0.15) is 0 Å². The number of hydrogen-bond acceptors (Lipinski definition) is 3. The van der Waals surface area contributed by atoms with Gasteiger partial charge in [-0.25, -0.2) is 0 Å². The fourth-order valence-electron chi connectivity index (χ4n) is 4.53. The summed E-state index contributed by atoms with van der Waals surface area (Å²) in [6.45, 7) is 6.96. The Kier molecular flexibility index (Phi) is 8.40. The number of aliphatic imine (C=N–C) groups is 1. The van der Waals surface area contributed by atoms with Gasteiger partial charge in [0.05, 0.1) is 6.54 Å². The zero-order valence-electron chi connectivity index (χ0n) is 18.3. The average molecular weight is 435 g/mol. The van der Waals surface area contributed by atoms with Crippen LogP contribution in [0.3, 0.4) is 0 Å². The molecular weight excluding hydrogens is 400 g/mol. The van der Waals surface area contributed by atoms with E-state index >= 15 is 0 Å². The van der Waals surface area contributed by atoms with E-state index in [1.807, 2.05) is 12.1 Å². The van der Waals surface area contributed by atoms with Crippen LogP contribution in [0, 0.1) is 5.92 Å².